The van der Waals surface area contributed by atoms with Crippen LogP contribution >= 0.6 is 0 Å². The first-order chi connectivity index (χ1) is 13.9. The second kappa shape index (κ2) is 9.37. The fourth-order valence-electron chi connectivity index (χ4n) is 4.10. The summed E-state index contributed by atoms with van der Waals surface area (Å²) in [7, 11) is 1.51. The van der Waals surface area contributed by atoms with E-state index in [0.29, 0.717) is 35.1 Å². The molecule has 8 nitrogen and oxygen atoms in total. The molecule has 1 aromatic carbocycles. The molecule has 1 aliphatic rings. The molecule has 2 aromatic rings. The maximum Gasteiger partial charge on any atom is 0.328 e. The van der Waals surface area contributed by atoms with E-state index >= 15 is 0 Å². The van der Waals surface area contributed by atoms with E-state index in [4.69, 9.17) is 4.74 Å². The number of nitrogens with one attached hydrogen (secondary N) is 2. The highest BCUT2D eigenvalue weighted by atomic mass is 16.5. The summed E-state index contributed by atoms with van der Waals surface area (Å²) >= 11 is 0. The summed E-state index contributed by atoms with van der Waals surface area (Å²) in [4.78, 5) is 42.4. The summed E-state index contributed by atoms with van der Waals surface area (Å²) in [5, 5.41) is 3.32. The van der Waals surface area contributed by atoms with Crippen molar-refractivity contribution in [1.82, 2.24) is 19.8 Å². The molecule has 158 valence electrons. The lowest BCUT2D eigenvalue weighted by atomic mass is 9.98. The van der Waals surface area contributed by atoms with Crippen LogP contribution in [0.1, 0.15) is 43.5 Å². The van der Waals surface area contributed by atoms with E-state index in [1.54, 1.807) is 18.2 Å². The van der Waals surface area contributed by atoms with Crippen LogP contribution in [0.2, 0.25) is 0 Å². The first-order valence-corrected chi connectivity index (χ1v) is 10.2. The summed E-state index contributed by atoms with van der Waals surface area (Å²) in [6.45, 7) is 6.27. The minimum absolute atomic E-state index is 0.177. The lowest BCUT2D eigenvalue weighted by Crippen LogP contribution is -2.47. The lowest BCUT2D eigenvalue weighted by Gasteiger charge is -2.39. The number of hydrogen-bond acceptors (Lipinski definition) is 5. The van der Waals surface area contributed by atoms with E-state index in [2.05, 4.69) is 29.0 Å². The third-order valence-electron chi connectivity index (χ3n) is 5.79. The number of piperidine rings is 1. The second-order valence-electron chi connectivity index (χ2n) is 7.76. The summed E-state index contributed by atoms with van der Waals surface area (Å²) in [5.41, 5.74) is -0.118. The van der Waals surface area contributed by atoms with Crippen molar-refractivity contribution in [3.05, 3.63) is 44.6 Å². The molecule has 1 aromatic heterocycles. The van der Waals surface area contributed by atoms with E-state index in [1.807, 2.05) is 0 Å². The first-order valence-electron chi connectivity index (χ1n) is 10.2. The zero-order valence-electron chi connectivity index (χ0n) is 17.4. The number of hydrogen-bond donors (Lipinski definition) is 2. The third-order valence-corrected chi connectivity index (χ3v) is 5.79. The summed E-state index contributed by atoms with van der Waals surface area (Å²) in [5.74, 6) is -0.214. The summed E-state index contributed by atoms with van der Waals surface area (Å²) in [6, 6.07) is 5.81. The van der Waals surface area contributed by atoms with Crippen LogP contribution in [0.3, 0.4) is 0 Å². The van der Waals surface area contributed by atoms with Crippen molar-refractivity contribution >= 4 is 16.8 Å². The van der Waals surface area contributed by atoms with Gasteiger partial charge in [-0.25, -0.2) is 4.79 Å². The Morgan fingerprint density at radius 3 is 2.62 bits per heavy atom. The van der Waals surface area contributed by atoms with Crippen LogP contribution in [0.25, 0.3) is 10.9 Å². The molecule has 0 radical (unpaired) electrons. The number of carbonyl (C=O) groups is 1. The number of fused-ring (bicyclic) bond motifs is 1. The maximum absolute atomic E-state index is 12.5. The molecule has 1 aliphatic heterocycles. The Morgan fingerprint density at radius 2 is 1.93 bits per heavy atom. The van der Waals surface area contributed by atoms with Gasteiger partial charge in [-0.15, -0.1) is 0 Å². The van der Waals surface area contributed by atoms with Gasteiger partial charge in [0.1, 0.15) is 0 Å². The fraction of sp³-hybridized carbons (Fsp3) is 0.571. The zero-order valence-corrected chi connectivity index (χ0v) is 17.4. The molecule has 0 saturated carbocycles. The van der Waals surface area contributed by atoms with Gasteiger partial charge in [0, 0.05) is 37.8 Å². The van der Waals surface area contributed by atoms with Crippen molar-refractivity contribution in [2.45, 2.75) is 51.7 Å². The molecule has 2 heterocycles. The molecule has 1 fully saturated rings. The van der Waals surface area contributed by atoms with Gasteiger partial charge in [-0.1, -0.05) is 6.42 Å². The molecule has 0 aliphatic carbocycles. The Hall–Kier alpha value is -2.45. The molecule has 3 rings (SSSR count). The molecule has 1 amide bonds. The largest absolute Gasteiger partial charge is 0.383 e. The first kappa shape index (κ1) is 21.3. The van der Waals surface area contributed by atoms with Crippen LogP contribution in [0.4, 0.5) is 0 Å². The topological polar surface area (TPSA) is 96.4 Å². The van der Waals surface area contributed by atoms with Crippen LogP contribution in [0.15, 0.2) is 27.8 Å². The molecular formula is C21H30N4O4. The summed E-state index contributed by atoms with van der Waals surface area (Å²) < 4.78 is 6.05. The molecule has 2 unspecified atom stereocenters. The van der Waals surface area contributed by atoms with E-state index < -0.39 is 5.69 Å². The number of aromatic amines is 1. The average Bonchev–Trinajstić information content (AvgIpc) is 2.69. The Morgan fingerprint density at radius 1 is 1.21 bits per heavy atom. The van der Waals surface area contributed by atoms with E-state index in [1.165, 1.54) is 26.4 Å². The number of nitrogens with zero attached hydrogens (tertiary/aromatic N) is 2. The number of amides is 1. The maximum atomic E-state index is 12.5. The van der Waals surface area contributed by atoms with Crippen LogP contribution in [0.5, 0.6) is 0 Å². The second-order valence-corrected chi connectivity index (χ2v) is 7.76. The van der Waals surface area contributed by atoms with Crippen LogP contribution < -0.4 is 16.6 Å². The quantitative estimate of drug-likeness (QED) is 0.728. The Labute approximate surface area is 169 Å². The van der Waals surface area contributed by atoms with Gasteiger partial charge < -0.3 is 15.0 Å². The monoisotopic (exact) mass is 402 g/mol. The predicted octanol–water partition coefficient (Wildman–Crippen LogP) is 1.33. The molecule has 0 bridgehead atoms. The lowest BCUT2D eigenvalue weighted by molar-refractivity contribution is 0.0889. The van der Waals surface area contributed by atoms with Crippen molar-refractivity contribution < 1.29 is 9.53 Å². The van der Waals surface area contributed by atoms with Crippen molar-refractivity contribution in [3.63, 3.8) is 0 Å². The minimum Gasteiger partial charge on any atom is -0.383 e. The number of aromatic nitrogens is 2. The molecule has 29 heavy (non-hydrogen) atoms. The normalized spacial score (nSPS) is 20.1. The van der Waals surface area contributed by atoms with Gasteiger partial charge in [-0.3, -0.25) is 19.1 Å². The van der Waals surface area contributed by atoms with Crippen LogP contribution in [0, 0.1) is 0 Å². The molecular weight excluding hydrogens is 372 g/mol. The van der Waals surface area contributed by atoms with Gasteiger partial charge >= 0.3 is 5.69 Å². The van der Waals surface area contributed by atoms with Gasteiger partial charge in [0.25, 0.3) is 11.5 Å². The number of H-pyrrole nitrogens is 1. The van der Waals surface area contributed by atoms with Gasteiger partial charge in [0.15, 0.2) is 0 Å². The third kappa shape index (κ3) is 4.76. The van der Waals surface area contributed by atoms with Gasteiger partial charge in [-0.05, 0) is 44.9 Å². The smallest absolute Gasteiger partial charge is 0.328 e. The molecule has 2 atom stereocenters. The number of methoxy groups -OCH3 is 1. The number of benzene rings is 1. The minimum atomic E-state index is -0.509. The van der Waals surface area contributed by atoms with Gasteiger partial charge in [0.05, 0.1) is 24.1 Å². The van der Waals surface area contributed by atoms with E-state index in [0.717, 1.165) is 11.1 Å². The molecule has 8 heteroatoms. The number of ether oxygens (including phenoxy) is 1. The van der Waals surface area contributed by atoms with E-state index in [9.17, 15) is 14.4 Å². The number of likely N-dealkylation sites (tertiary alicyclic amines) is 1. The highest BCUT2D eigenvalue weighted by Gasteiger charge is 2.24. The number of carbonyl (C=O) groups excluding carboxylic acids is 1. The van der Waals surface area contributed by atoms with Gasteiger partial charge in [0.2, 0.25) is 0 Å². The highest BCUT2D eigenvalue weighted by Crippen LogP contribution is 2.21. The highest BCUT2D eigenvalue weighted by molar-refractivity contribution is 5.97. The Kier molecular flexibility index (Phi) is 6.87. The molecule has 1 saturated heterocycles. The van der Waals surface area contributed by atoms with Gasteiger partial charge in [-0.2, -0.15) is 0 Å². The SMILES string of the molecule is COCCn1c(=O)[nH]c2cc(C(=O)NCCN3C(C)CCCC3C)ccc2c1=O. The van der Waals surface area contributed by atoms with Crippen molar-refractivity contribution in [2.75, 3.05) is 26.8 Å². The van der Waals surface area contributed by atoms with Crippen molar-refractivity contribution in [3.8, 4) is 0 Å². The molecule has 0 spiro atoms. The standard InChI is InChI=1S/C21H30N4O4/c1-14-5-4-6-15(2)24(14)10-9-22-19(26)16-7-8-17-18(13-16)23-21(28)25(20(17)27)11-12-29-3/h7-8,13-15H,4-6,9-12H2,1-3H3,(H,22,26)(H,23,28). The predicted molar refractivity (Wildman–Crippen MR) is 113 cm³/mol. The number of rotatable bonds is 7. The van der Waals surface area contributed by atoms with Crippen LogP contribution in [-0.2, 0) is 11.3 Å². The van der Waals surface area contributed by atoms with Crippen LogP contribution in [-0.4, -0.2) is 59.2 Å². The average molecular weight is 402 g/mol. The summed E-state index contributed by atoms with van der Waals surface area (Å²) in [6.07, 6.45) is 3.64. The van der Waals surface area contributed by atoms with Crippen molar-refractivity contribution in [1.29, 1.82) is 0 Å². The molecule has 2 N–H and O–H groups in total. The van der Waals surface area contributed by atoms with E-state index in [-0.39, 0.29) is 24.6 Å². The zero-order chi connectivity index (χ0) is 21.0. The Balaban J connectivity index is 1.70. The fourth-order valence-corrected chi connectivity index (χ4v) is 4.10. The van der Waals surface area contributed by atoms with Crippen molar-refractivity contribution in [2.24, 2.45) is 0 Å². The Bertz CT molecular complexity index is 971.